The average molecular weight is 351 g/mol. The van der Waals surface area contributed by atoms with E-state index in [0.717, 1.165) is 23.4 Å². The molecule has 0 spiro atoms. The van der Waals surface area contributed by atoms with Crippen molar-refractivity contribution in [1.29, 1.82) is 0 Å². The zero-order chi connectivity index (χ0) is 18.5. The lowest BCUT2D eigenvalue weighted by Crippen LogP contribution is -2.26. The fourth-order valence-corrected chi connectivity index (χ4v) is 3.06. The number of rotatable bonds is 7. The van der Waals surface area contributed by atoms with Crippen molar-refractivity contribution in [3.63, 3.8) is 0 Å². The standard InChI is InChI=1S/C21H25N3O2/c1-5-24(16(3)17-10-8-11-18(13-17)25-4)14-20-22-21(23-26-20)19-12-7-6-9-15(19)2/h6-13,16H,5,14H2,1-4H3. The third kappa shape index (κ3) is 3.94. The first kappa shape index (κ1) is 18.1. The zero-order valence-corrected chi connectivity index (χ0v) is 15.8. The monoisotopic (exact) mass is 351 g/mol. The summed E-state index contributed by atoms with van der Waals surface area (Å²) in [7, 11) is 1.69. The Morgan fingerprint density at radius 1 is 1.15 bits per heavy atom. The molecule has 0 N–H and O–H groups in total. The van der Waals surface area contributed by atoms with Gasteiger partial charge in [0.25, 0.3) is 0 Å². The quantitative estimate of drug-likeness (QED) is 0.621. The van der Waals surface area contributed by atoms with Crippen LogP contribution in [0.25, 0.3) is 11.4 Å². The second-order valence-corrected chi connectivity index (χ2v) is 6.34. The summed E-state index contributed by atoms with van der Waals surface area (Å²) in [5, 5.41) is 4.16. The topological polar surface area (TPSA) is 51.4 Å². The maximum absolute atomic E-state index is 5.51. The largest absolute Gasteiger partial charge is 0.497 e. The van der Waals surface area contributed by atoms with Crippen LogP contribution >= 0.6 is 0 Å². The predicted octanol–water partition coefficient (Wildman–Crippen LogP) is 4.64. The van der Waals surface area contributed by atoms with E-state index >= 15 is 0 Å². The number of aromatic nitrogens is 2. The summed E-state index contributed by atoms with van der Waals surface area (Å²) < 4.78 is 10.9. The molecule has 0 radical (unpaired) electrons. The number of aryl methyl sites for hydroxylation is 1. The number of nitrogens with zero attached hydrogens (tertiary/aromatic N) is 3. The van der Waals surface area contributed by atoms with Gasteiger partial charge in [-0.25, -0.2) is 0 Å². The molecule has 2 aromatic carbocycles. The highest BCUT2D eigenvalue weighted by Crippen LogP contribution is 2.26. The Morgan fingerprint density at radius 3 is 2.69 bits per heavy atom. The van der Waals surface area contributed by atoms with Gasteiger partial charge >= 0.3 is 0 Å². The van der Waals surface area contributed by atoms with Gasteiger partial charge in [-0.2, -0.15) is 4.98 Å². The van der Waals surface area contributed by atoms with E-state index in [4.69, 9.17) is 9.26 Å². The SMILES string of the molecule is CCN(Cc1nc(-c2ccccc2C)no1)C(C)c1cccc(OC)c1. The Morgan fingerprint density at radius 2 is 1.96 bits per heavy atom. The van der Waals surface area contributed by atoms with Crippen LogP contribution < -0.4 is 4.74 Å². The molecule has 3 aromatic rings. The van der Waals surface area contributed by atoms with Gasteiger partial charge in [-0.3, -0.25) is 4.90 Å². The Hall–Kier alpha value is -2.66. The maximum atomic E-state index is 5.51. The van der Waals surface area contributed by atoms with Crippen LogP contribution in [-0.2, 0) is 6.54 Å². The Kier molecular flexibility index (Phi) is 5.68. The number of hydrogen-bond acceptors (Lipinski definition) is 5. The molecular formula is C21H25N3O2. The highest BCUT2D eigenvalue weighted by molar-refractivity contribution is 5.58. The summed E-state index contributed by atoms with van der Waals surface area (Å²) in [5.41, 5.74) is 3.34. The van der Waals surface area contributed by atoms with Crippen LogP contribution in [-0.4, -0.2) is 28.7 Å². The van der Waals surface area contributed by atoms with Gasteiger partial charge in [0.15, 0.2) is 0 Å². The summed E-state index contributed by atoms with van der Waals surface area (Å²) in [5.74, 6) is 2.13. The van der Waals surface area contributed by atoms with E-state index in [-0.39, 0.29) is 6.04 Å². The lowest BCUT2D eigenvalue weighted by Gasteiger charge is -2.26. The van der Waals surface area contributed by atoms with Gasteiger partial charge < -0.3 is 9.26 Å². The molecule has 1 unspecified atom stereocenters. The Bertz CT molecular complexity index is 860. The van der Waals surface area contributed by atoms with Crippen molar-refractivity contribution >= 4 is 0 Å². The van der Waals surface area contributed by atoms with Gasteiger partial charge in [0.2, 0.25) is 11.7 Å². The lowest BCUT2D eigenvalue weighted by molar-refractivity contribution is 0.184. The van der Waals surface area contributed by atoms with E-state index in [1.165, 1.54) is 5.56 Å². The first-order chi connectivity index (χ1) is 12.6. The van der Waals surface area contributed by atoms with Crippen LogP contribution in [0.1, 0.15) is 36.9 Å². The molecule has 5 heteroatoms. The molecule has 0 saturated heterocycles. The summed E-state index contributed by atoms with van der Waals surface area (Å²) in [6.07, 6.45) is 0. The summed E-state index contributed by atoms with van der Waals surface area (Å²) in [4.78, 5) is 6.89. The number of hydrogen-bond donors (Lipinski definition) is 0. The van der Waals surface area contributed by atoms with Crippen molar-refractivity contribution in [2.24, 2.45) is 0 Å². The van der Waals surface area contributed by atoms with E-state index in [9.17, 15) is 0 Å². The van der Waals surface area contributed by atoms with Crippen molar-refractivity contribution in [2.75, 3.05) is 13.7 Å². The third-order valence-electron chi connectivity index (χ3n) is 4.72. The van der Waals surface area contributed by atoms with Crippen molar-refractivity contribution in [1.82, 2.24) is 15.0 Å². The third-order valence-corrected chi connectivity index (χ3v) is 4.72. The van der Waals surface area contributed by atoms with Gasteiger partial charge in [0.05, 0.1) is 13.7 Å². The van der Waals surface area contributed by atoms with Gasteiger partial charge in [0, 0.05) is 11.6 Å². The molecule has 0 aliphatic rings. The highest BCUT2D eigenvalue weighted by Gasteiger charge is 2.19. The average Bonchev–Trinajstić information content (AvgIpc) is 3.14. The van der Waals surface area contributed by atoms with E-state index in [1.54, 1.807) is 7.11 Å². The minimum absolute atomic E-state index is 0.212. The molecule has 0 bridgehead atoms. The lowest BCUT2D eigenvalue weighted by atomic mass is 10.1. The van der Waals surface area contributed by atoms with Crippen molar-refractivity contribution < 1.29 is 9.26 Å². The first-order valence-corrected chi connectivity index (χ1v) is 8.89. The van der Waals surface area contributed by atoms with E-state index in [2.05, 4.69) is 54.0 Å². The fourth-order valence-electron chi connectivity index (χ4n) is 3.06. The smallest absolute Gasteiger partial charge is 0.241 e. The van der Waals surface area contributed by atoms with Crippen LogP contribution in [0.5, 0.6) is 5.75 Å². The molecule has 136 valence electrons. The molecule has 1 aromatic heterocycles. The van der Waals surface area contributed by atoms with Crippen molar-refractivity contribution in [3.8, 4) is 17.1 Å². The summed E-state index contributed by atoms with van der Waals surface area (Å²) >= 11 is 0. The minimum Gasteiger partial charge on any atom is -0.497 e. The van der Waals surface area contributed by atoms with E-state index in [1.807, 2.05) is 30.3 Å². The number of methoxy groups -OCH3 is 1. The normalized spacial score (nSPS) is 12.3. The highest BCUT2D eigenvalue weighted by atomic mass is 16.5. The molecule has 26 heavy (non-hydrogen) atoms. The van der Waals surface area contributed by atoms with Gasteiger partial charge in [-0.05, 0) is 43.7 Å². The van der Waals surface area contributed by atoms with Gasteiger partial charge in [0.1, 0.15) is 5.75 Å². The van der Waals surface area contributed by atoms with Crippen LogP contribution in [0.2, 0.25) is 0 Å². The second kappa shape index (κ2) is 8.15. The van der Waals surface area contributed by atoms with Crippen LogP contribution in [0.3, 0.4) is 0 Å². The van der Waals surface area contributed by atoms with E-state index in [0.29, 0.717) is 18.3 Å². The predicted molar refractivity (Wildman–Crippen MR) is 102 cm³/mol. The second-order valence-electron chi connectivity index (χ2n) is 6.34. The molecule has 1 atom stereocenters. The molecule has 0 aliphatic heterocycles. The summed E-state index contributed by atoms with van der Waals surface area (Å²) in [6.45, 7) is 7.84. The van der Waals surface area contributed by atoms with Crippen LogP contribution in [0.15, 0.2) is 53.1 Å². The molecule has 0 fully saturated rings. The van der Waals surface area contributed by atoms with Gasteiger partial charge in [-0.15, -0.1) is 0 Å². The number of benzene rings is 2. The summed E-state index contributed by atoms with van der Waals surface area (Å²) in [6, 6.07) is 16.4. The van der Waals surface area contributed by atoms with Crippen LogP contribution in [0, 0.1) is 6.92 Å². The van der Waals surface area contributed by atoms with E-state index < -0.39 is 0 Å². The molecular weight excluding hydrogens is 326 g/mol. The zero-order valence-electron chi connectivity index (χ0n) is 15.8. The molecule has 0 aliphatic carbocycles. The molecule has 1 heterocycles. The Labute approximate surface area is 154 Å². The molecule has 0 amide bonds. The van der Waals surface area contributed by atoms with Crippen molar-refractivity contribution in [2.45, 2.75) is 33.4 Å². The molecule has 5 nitrogen and oxygen atoms in total. The molecule has 0 saturated carbocycles. The Balaban J connectivity index is 1.77. The van der Waals surface area contributed by atoms with Crippen molar-refractivity contribution in [3.05, 3.63) is 65.5 Å². The first-order valence-electron chi connectivity index (χ1n) is 8.89. The van der Waals surface area contributed by atoms with Crippen LogP contribution in [0.4, 0.5) is 0 Å². The minimum atomic E-state index is 0.212. The van der Waals surface area contributed by atoms with Gasteiger partial charge in [-0.1, -0.05) is 48.5 Å². The fraction of sp³-hybridized carbons (Fsp3) is 0.333. The maximum Gasteiger partial charge on any atom is 0.241 e. The number of ether oxygens (including phenoxy) is 1. The molecule has 3 rings (SSSR count).